The maximum atomic E-state index is 12.7. The van der Waals surface area contributed by atoms with Gasteiger partial charge >= 0.3 is 0 Å². The van der Waals surface area contributed by atoms with Gasteiger partial charge in [-0.3, -0.25) is 0 Å². The summed E-state index contributed by atoms with van der Waals surface area (Å²) in [6.07, 6.45) is 3.13. The molecule has 0 spiro atoms. The lowest BCUT2D eigenvalue weighted by atomic mass is 10.3. The Hall–Kier alpha value is -1.11. The second-order valence-electron chi connectivity index (χ2n) is 6.11. The van der Waals surface area contributed by atoms with Gasteiger partial charge < -0.3 is 9.47 Å². The van der Waals surface area contributed by atoms with Gasteiger partial charge in [0.25, 0.3) is 0 Å². The average Bonchev–Trinajstić information content (AvgIpc) is 2.51. The van der Waals surface area contributed by atoms with Crippen LogP contribution < -0.4 is 4.74 Å². The molecule has 0 radical (unpaired) electrons. The molecule has 1 aliphatic heterocycles. The molecule has 1 saturated heterocycles. The molecule has 23 heavy (non-hydrogen) atoms. The van der Waals surface area contributed by atoms with Crippen molar-refractivity contribution in [3.63, 3.8) is 0 Å². The highest BCUT2D eigenvalue weighted by Crippen LogP contribution is 2.23. The van der Waals surface area contributed by atoms with Crippen LogP contribution in [0.2, 0.25) is 0 Å². The number of rotatable bonds is 7. The van der Waals surface area contributed by atoms with Crippen LogP contribution in [0.15, 0.2) is 29.2 Å². The molecule has 0 saturated carbocycles. The Kier molecular flexibility index (Phi) is 6.44. The topological polar surface area (TPSA) is 55.8 Å². The lowest BCUT2D eigenvalue weighted by molar-refractivity contribution is -0.0440. The highest BCUT2D eigenvalue weighted by Gasteiger charge is 2.32. The predicted molar refractivity (Wildman–Crippen MR) is 90.2 cm³/mol. The molecule has 2 rings (SSSR count). The highest BCUT2D eigenvalue weighted by molar-refractivity contribution is 7.89. The van der Waals surface area contributed by atoms with Gasteiger partial charge in [0.15, 0.2) is 0 Å². The van der Waals surface area contributed by atoms with E-state index in [-0.39, 0.29) is 12.2 Å². The van der Waals surface area contributed by atoms with Gasteiger partial charge in [0.05, 0.1) is 23.7 Å². The van der Waals surface area contributed by atoms with Gasteiger partial charge in [-0.1, -0.05) is 19.8 Å². The molecular formula is C17H27NO4S. The molecule has 1 aliphatic rings. The molecule has 2 atom stereocenters. The monoisotopic (exact) mass is 341 g/mol. The van der Waals surface area contributed by atoms with E-state index < -0.39 is 10.0 Å². The lowest BCUT2D eigenvalue weighted by Crippen LogP contribution is -2.48. The van der Waals surface area contributed by atoms with Crippen molar-refractivity contribution in [2.45, 2.75) is 57.1 Å². The highest BCUT2D eigenvalue weighted by atomic mass is 32.2. The molecule has 0 amide bonds. The first-order valence-corrected chi connectivity index (χ1v) is 9.76. The summed E-state index contributed by atoms with van der Waals surface area (Å²) in [7, 11) is -3.48. The smallest absolute Gasteiger partial charge is 0.243 e. The van der Waals surface area contributed by atoms with E-state index in [9.17, 15) is 8.42 Å². The Balaban J connectivity index is 2.02. The van der Waals surface area contributed by atoms with Crippen LogP contribution in [-0.2, 0) is 14.8 Å². The minimum absolute atomic E-state index is 0.0882. The third kappa shape index (κ3) is 4.93. The minimum Gasteiger partial charge on any atom is -0.494 e. The Morgan fingerprint density at radius 3 is 2.30 bits per heavy atom. The maximum Gasteiger partial charge on any atom is 0.243 e. The molecule has 1 fully saturated rings. The second kappa shape index (κ2) is 8.13. The molecule has 6 heteroatoms. The third-order valence-corrected chi connectivity index (χ3v) is 5.71. The van der Waals surface area contributed by atoms with Crippen LogP contribution in [0.4, 0.5) is 0 Å². The lowest BCUT2D eigenvalue weighted by Gasteiger charge is -2.34. The number of unbranched alkanes of at least 4 members (excludes halogenated alkanes) is 2. The predicted octanol–water partition coefficient (Wildman–Crippen LogP) is 3.05. The molecule has 1 aromatic carbocycles. The number of sulfonamides is 1. The van der Waals surface area contributed by atoms with Crippen molar-refractivity contribution in [2.24, 2.45) is 0 Å². The summed E-state index contributed by atoms with van der Waals surface area (Å²) in [4.78, 5) is 0.305. The van der Waals surface area contributed by atoms with Crippen molar-refractivity contribution >= 4 is 10.0 Å². The van der Waals surface area contributed by atoms with E-state index in [4.69, 9.17) is 9.47 Å². The number of hydrogen-bond donors (Lipinski definition) is 0. The van der Waals surface area contributed by atoms with Gasteiger partial charge in [-0.05, 0) is 44.5 Å². The Morgan fingerprint density at radius 2 is 1.74 bits per heavy atom. The largest absolute Gasteiger partial charge is 0.494 e. The Labute approximate surface area is 139 Å². The summed E-state index contributed by atoms with van der Waals surface area (Å²) in [6.45, 7) is 7.38. The van der Waals surface area contributed by atoms with Crippen molar-refractivity contribution in [2.75, 3.05) is 19.7 Å². The van der Waals surface area contributed by atoms with E-state index in [1.807, 2.05) is 13.8 Å². The van der Waals surface area contributed by atoms with Gasteiger partial charge in [-0.2, -0.15) is 4.31 Å². The van der Waals surface area contributed by atoms with Crippen molar-refractivity contribution in [1.82, 2.24) is 4.31 Å². The van der Waals surface area contributed by atoms with Crippen LogP contribution in [0.1, 0.15) is 40.0 Å². The molecule has 0 unspecified atom stereocenters. The fourth-order valence-electron chi connectivity index (χ4n) is 2.73. The number of hydrogen-bond acceptors (Lipinski definition) is 4. The first kappa shape index (κ1) is 18.2. The third-order valence-electron chi connectivity index (χ3n) is 3.86. The van der Waals surface area contributed by atoms with Crippen molar-refractivity contribution < 1.29 is 17.9 Å². The fraction of sp³-hybridized carbons (Fsp3) is 0.647. The molecule has 0 N–H and O–H groups in total. The number of nitrogens with zero attached hydrogens (tertiary/aromatic N) is 1. The molecule has 1 aromatic rings. The minimum atomic E-state index is -3.48. The number of benzene rings is 1. The molecule has 1 heterocycles. The SMILES string of the molecule is CCCCCOc1ccc(S(=O)(=O)N2C[C@H](C)O[C@@H](C)C2)cc1. The summed E-state index contributed by atoms with van der Waals surface area (Å²) in [5.41, 5.74) is 0. The number of morpholine rings is 1. The summed E-state index contributed by atoms with van der Waals surface area (Å²) >= 11 is 0. The average molecular weight is 341 g/mol. The standard InChI is InChI=1S/C17H27NO4S/c1-4-5-6-11-21-16-7-9-17(10-8-16)23(19,20)18-12-14(2)22-15(3)13-18/h7-10,14-15H,4-6,11-13H2,1-3H3/t14-,15-/m0/s1. The van der Waals surface area contributed by atoms with E-state index in [1.54, 1.807) is 24.3 Å². The van der Waals surface area contributed by atoms with E-state index in [0.29, 0.717) is 30.3 Å². The molecule has 130 valence electrons. The zero-order valence-corrected chi connectivity index (χ0v) is 15.0. The quantitative estimate of drug-likeness (QED) is 0.715. The zero-order valence-electron chi connectivity index (χ0n) is 14.2. The van der Waals surface area contributed by atoms with Crippen LogP contribution in [0.25, 0.3) is 0 Å². The summed E-state index contributed by atoms with van der Waals surface area (Å²) in [5.74, 6) is 0.712. The second-order valence-corrected chi connectivity index (χ2v) is 8.04. The normalized spacial score (nSPS) is 22.9. The van der Waals surface area contributed by atoms with Crippen LogP contribution in [0.3, 0.4) is 0 Å². The van der Waals surface area contributed by atoms with Gasteiger partial charge in [0.1, 0.15) is 5.75 Å². The van der Waals surface area contributed by atoms with E-state index in [2.05, 4.69) is 6.92 Å². The Bertz CT molecular complexity index is 575. The molecule has 0 aliphatic carbocycles. The van der Waals surface area contributed by atoms with E-state index in [0.717, 1.165) is 19.3 Å². The van der Waals surface area contributed by atoms with Crippen LogP contribution in [0, 0.1) is 0 Å². The summed E-state index contributed by atoms with van der Waals surface area (Å²) in [6, 6.07) is 6.70. The number of ether oxygens (including phenoxy) is 2. The maximum absolute atomic E-state index is 12.7. The zero-order chi connectivity index (χ0) is 16.9. The van der Waals surface area contributed by atoms with Crippen molar-refractivity contribution in [3.05, 3.63) is 24.3 Å². The summed E-state index contributed by atoms with van der Waals surface area (Å²) < 4.78 is 38.2. The van der Waals surface area contributed by atoms with E-state index >= 15 is 0 Å². The van der Waals surface area contributed by atoms with Crippen LogP contribution in [-0.4, -0.2) is 44.6 Å². The van der Waals surface area contributed by atoms with Crippen molar-refractivity contribution in [1.29, 1.82) is 0 Å². The first-order chi connectivity index (χ1) is 10.9. The molecule has 0 aromatic heterocycles. The molecule has 5 nitrogen and oxygen atoms in total. The summed E-state index contributed by atoms with van der Waals surface area (Å²) in [5, 5.41) is 0. The van der Waals surface area contributed by atoms with Gasteiger partial charge in [0, 0.05) is 13.1 Å². The van der Waals surface area contributed by atoms with Crippen LogP contribution in [0.5, 0.6) is 5.75 Å². The Morgan fingerprint density at radius 1 is 1.13 bits per heavy atom. The van der Waals surface area contributed by atoms with Crippen molar-refractivity contribution in [3.8, 4) is 5.75 Å². The fourth-order valence-corrected chi connectivity index (χ4v) is 4.32. The van der Waals surface area contributed by atoms with Gasteiger partial charge in [-0.25, -0.2) is 8.42 Å². The van der Waals surface area contributed by atoms with Gasteiger partial charge in [0.2, 0.25) is 10.0 Å². The van der Waals surface area contributed by atoms with Gasteiger partial charge in [-0.15, -0.1) is 0 Å². The molecule has 0 bridgehead atoms. The molecular weight excluding hydrogens is 314 g/mol. The van der Waals surface area contributed by atoms with Crippen LogP contribution >= 0.6 is 0 Å². The van der Waals surface area contributed by atoms with E-state index in [1.165, 1.54) is 4.31 Å². The first-order valence-electron chi connectivity index (χ1n) is 8.32.